The van der Waals surface area contributed by atoms with Crippen molar-refractivity contribution in [1.29, 1.82) is 0 Å². The Morgan fingerprint density at radius 3 is 2.30 bits per heavy atom. The van der Waals surface area contributed by atoms with E-state index in [9.17, 15) is 4.79 Å². The van der Waals surface area contributed by atoms with Crippen molar-refractivity contribution < 1.29 is 13.9 Å². The Labute approximate surface area is 194 Å². The summed E-state index contributed by atoms with van der Waals surface area (Å²) in [6, 6.07) is 22.8. The molecule has 5 rings (SSSR count). The molecular weight excluding hydrogens is 410 g/mol. The molecular formula is C29H27NO3. The van der Waals surface area contributed by atoms with Gasteiger partial charge in [0.25, 0.3) is 0 Å². The molecule has 0 bridgehead atoms. The van der Waals surface area contributed by atoms with Gasteiger partial charge in [0.2, 0.25) is 5.91 Å². The second-order valence-corrected chi connectivity index (χ2v) is 8.50. The zero-order valence-electron chi connectivity index (χ0n) is 19.0. The molecule has 1 fully saturated rings. The smallest absolute Gasteiger partial charge is 0.246 e. The summed E-state index contributed by atoms with van der Waals surface area (Å²) in [6.07, 6.45) is 5.67. The van der Waals surface area contributed by atoms with E-state index in [1.54, 1.807) is 19.4 Å². The van der Waals surface area contributed by atoms with Crippen LogP contribution in [0, 0.1) is 0 Å². The van der Waals surface area contributed by atoms with E-state index in [1.807, 2.05) is 36.1 Å². The van der Waals surface area contributed by atoms with Crippen molar-refractivity contribution >= 4 is 22.4 Å². The van der Waals surface area contributed by atoms with Crippen LogP contribution in [-0.4, -0.2) is 31.0 Å². The van der Waals surface area contributed by atoms with Crippen LogP contribution in [0.5, 0.6) is 5.75 Å². The van der Waals surface area contributed by atoms with Crippen LogP contribution in [0.15, 0.2) is 83.5 Å². The molecule has 33 heavy (non-hydrogen) atoms. The van der Waals surface area contributed by atoms with E-state index in [2.05, 4.69) is 42.5 Å². The SMILES string of the molecule is COc1cc2occ(-c3ccc(-c4ccccc4)cc3)c2cc1/C(C)=C/C(=O)N1CCCC1. The first-order chi connectivity index (χ1) is 16.1. The van der Waals surface area contributed by atoms with E-state index < -0.39 is 0 Å². The van der Waals surface area contributed by atoms with Gasteiger partial charge in [-0.05, 0) is 48.1 Å². The van der Waals surface area contributed by atoms with Gasteiger partial charge in [-0.2, -0.15) is 0 Å². The summed E-state index contributed by atoms with van der Waals surface area (Å²) in [4.78, 5) is 14.6. The summed E-state index contributed by atoms with van der Waals surface area (Å²) in [6.45, 7) is 3.64. The Morgan fingerprint density at radius 1 is 0.939 bits per heavy atom. The standard InChI is InChI=1S/C29H27NO3/c1-20(16-29(31)30-14-6-7-15-30)24-17-25-26(19-33-28(25)18-27(24)32-2)23-12-10-22(11-13-23)21-8-4-3-5-9-21/h3-5,8-13,16-19H,6-7,14-15H2,1-2H3/b20-16+. The van der Waals surface area contributed by atoms with Crippen LogP contribution >= 0.6 is 0 Å². The third-order valence-electron chi connectivity index (χ3n) is 6.38. The fourth-order valence-corrected chi connectivity index (χ4v) is 4.52. The van der Waals surface area contributed by atoms with Crippen molar-refractivity contribution in [2.75, 3.05) is 20.2 Å². The van der Waals surface area contributed by atoms with Crippen LogP contribution in [-0.2, 0) is 4.79 Å². The summed E-state index contributed by atoms with van der Waals surface area (Å²) in [5.74, 6) is 0.766. The number of rotatable bonds is 5. The molecule has 0 saturated carbocycles. The molecule has 0 aliphatic carbocycles. The van der Waals surface area contributed by atoms with Crippen molar-refractivity contribution in [3.05, 3.63) is 84.6 Å². The normalized spacial score (nSPS) is 14.1. The number of ether oxygens (including phenoxy) is 1. The minimum atomic E-state index is 0.0658. The van der Waals surface area contributed by atoms with Crippen molar-refractivity contribution in [2.45, 2.75) is 19.8 Å². The Hall–Kier alpha value is -3.79. The minimum Gasteiger partial charge on any atom is -0.496 e. The van der Waals surface area contributed by atoms with E-state index in [0.29, 0.717) is 5.75 Å². The Bertz CT molecular complexity index is 1310. The maximum Gasteiger partial charge on any atom is 0.246 e. The predicted molar refractivity (Wildman–Crippen MR) is 133 cm³/mol. The molecule has 1 aliphatic rings. The van der Waals surface area contributed by atoms with E-state index in [4.69, 9.17) is 9.15 Å². The fourth-order valence-electron chi connectivity index (χ4n) is 4.52. The molecule has 1 aliphatic heterocycles. The fraction of sp³-hybridized carbons (Fsp3) is 0.207. The third kappa shape index (κ3) is 4.17. The van der Waals surface area contributed by atoms with E-state index in [1.165, 1.54) is 11.1 Å². The average molecular weight is 438 g/mol. The second-order valence-electron chi connectivity index (χ2n) is 8.50. The van der Waals surface area contributed by atoms with Gasteiger partial charge in [-0.15, -0.1) is 0 Å². The molecule has 166 valence electrons. The highest BCUT2D eigenvalue weighted by molar-refractivity contribution is 6.00. The van der Waals surface area contributed by atoms with Gasteiger partial charge in [-0.25, -0.2) is 0 Å². The molecule has 4 heteroatoms. The van der Waals surface area contributed by atoms with Crippen LogP contribution in [0.4, 0.5) is 0 Å². The summed E-state index contributed by atoms with van der Waals surface area (Å²) in [5.41, 5.74) is 7.02. The van der Waals surface area contributed by atoms with Gasteiger partial charge in [-0.1, -0.05) is 54.6 Å². The molecule has 1 aromatic heterocycles. The molecule has 0 unspecified atom stereocenters. The number of likely N-dealkylation sites (tertiary alicyclic amines) is 1. The van der Waals surface area contributed by atoms with Crippen LogP contribution in [0.1, 0.15) is 25.3 Å². The lowest BCUT2D eigenvalue weighted by atomic mass is 9.97. The van der Waals surface area contributed by atoms with Gasteiger partial charge in [0.1, 0.15) is 11.3 Å². The maximum atomic E-state index is 12.7. The van der Waals surface area contributed by atoms with Crippen molar-refractivity contribution in [1.82, 2.24) is 4.90 Å². The number of carbonyl (C=O) groups excluding carboxylic acids is 1. The Kier molecular flexibility index (Phi) is 5.74. The van der Waals surface area contributed by atoms with Crippen LogP contribution in [0.3, 0.4) is 0 Å². The molecule has 4 nitrogen and oxygen atoms in total. The molecule has 4 aromatic rings. The number of allylic oxidation sites excluding steroid dienone is 1. The zero-order chi connectivity index (χ0) is 22.8. The highest BCUT2D eigenvalue weighted by Gasteiger charge is 2.18. The number of furan rings is 1. The number of fused-ring (bicyclic) bond motifs is 1. The van der Waals surface area contributed by atoms with Crippen molar-refractivity contribution in [3.8, 4) is 28.0 Å². The lowest BCUT2D eigenvalue weighted by Crippen LogP contribution is -2.25. The molecule has 1 saturated heterocycles. The maximum absolute atomic E-state index is 12.7. The van der Waals surface area contributed by atoms with Gasteiger partial charge in [0.05, 0.1) is 13.4 Å². The first-order valence-electron chi connectivity index (χ1n) is 11.4. The molecule has 3 aromatic carbocycles. The molecule has 0 atom stereocenters. The largest absolute Gasteiger partial charge is 0.496 e. The van der Waals surface area contributed by atoms with Gasteiger partial charge >= 0.3 is 0 Å². The van der Waals surface area contributed by atoms with Gasteiger partial charge in [-0.3, -0.25) is 4.79 Å². The number of methoxy groups -OCH3 is 1. The van der Waals surface area contributed by atoms with E-state index >= 15 is 0 Å². The first-order valence-corrected chi connectivity index (χ1v) is 11.4. The molecule has 0 spiro atoms. The quantitative estimate of drug-likeness (QED) is 0.322. The van der Waals surface area contributed by atoms with E-state index in [-0.39, 0.29) is 5.91 Å². The summed E-state index contributed by atoms with van der Waals surface area (Å²) >= 11 is 0. The first kappa shape index (κ1) is 21.1. The number of benzene rings is 3. The highest BCUT2D eigenvalue weighted by atomic mass is 16.5. The number of hydrogen-bond donors (Lipinski definition) is 0. The summed E-state index contributed by atoms with van der Waals surface area (Å²) < 4.78 is 11.5. The molecule has 1 amide bonds. The summed E-state index contributed by atoms with van der Waals surface area (Å²) in [5, 5.41) is 1.000. The highest BCUT2D eigenvalue weighted by Crippen LogP contribution is 2.38. The Balaban J connectivity index is 1.52. The van der Waals surface area contributed by atoms with Crippen LogP contribution in [0.25, 0.3) is 38.8 Å². The van der Waals surface area contributed by atoms with Crippen molar-refractivity contribution in [2.24, 2.45) is 0 Å². The summed E-state index contributed by atoms with van der Waals surface area (Å²) in [7, 11) is 1.65. The van der Waals surface area contributed by atoms with Crippen molar-refractivity contribution in [3.63, 3.8) is 0 Å². The lowest BCUT2D eigenvalue weighted by Gasteiger charge is -2.14. The molecule has 2 heterocycles. The monoisotopic (exact) mass is 437 g/mol. The number of amides is 1. The average Bonchev–Trinajstić information content (AvgIpc) is 3.54. The van der Waals surface area contributed by atoms with Gasteiger partial charge < -0.3 is 14.1 Å². The minimum absolute atomic E-state index is 0.0658. The molecule has 0 radical (unpaired) electrons. The predicted octanol–water partition coefficient (Wildman–Crippen LogP) is 6.80. The number of carbonyl (C=O) groups is 1. The third-order valence-corrected chi connectivity index (χ3v) is 6.38. The zero-order valence-corrected chi connectivity index (χ0v) is 19.0. The second kappa shape index (κ2) is 8.99. The van der Waals surface area contributed by atoms with Crippen LogP contribution in [0.2, 0.25) is 0 Å². The topological polar surface area (TPSA) is 42.7 Å². The van der Waals surface area contributed by atoms with E-state index in [0.717, 1.165) is 59.2 Å². The molecule has 0 N–H and O–H groups in total. The van der Waals surface area contributed by atoms with Crippen LogP contribution < -0.4 is 4.74 Å². The number of hydrogen-bond acceptors (Lipinski definition) is 3. The van der Waals surface area contributed by atoms with Gasteiger partial charge in [0, 0.05) is 41.7 Å². The van der Waals surface area contributed by atoms with Gasteiger partial charge in [0.15, 0.2) is 0 Å². The lowest BCUT2D eigenvalue weighted by molar-refractivity contribution is -0.124. The Morgan fingerprint density at radius 2 is 1.61 bits per heavy atom. The number of nitrogens with zero attached hydrogens (tertiary/aromatic N) is 1.